The molecule has 0 bridgehead atoms. The van der Waals surface area contributed by atoms with Gasteiger partial charge < -0.3 is 19.5 Å². The Balaban J connectivity index is 1.55. The van der Waals surface area contributed by atoms with Gasteiger partial charge >= 0.3 is 0 Å². The van der Waals surface area contributed by atoms with Crippen molar-refractivity contribution >= 4 is 28.8 Å². The summed E-state index contributed by atoms with van der Waals surface area (Å²) >= 11 is 11.7. The summed E-state index contributed by atoms with van der Waals surface area (Å²) in [6.45, 7) is 5.66. The van der Waals surface area contributed by atoms with Crippen molar-refractivity contribution in [2.75, 3.05) is 46.5 Å². The largest absolute Gasteiger partial charge is 0.493 e. The lowest BCUT2D eigenvalue weighted by Crippen LogP contribution is -2.41. The van der Waals surface area contributed by atoms with E-state index in [1.54, 1.807) is 7.11 Å². The maximum Gasteiger partial charge on any atom is 0.161 e. The zero-order valence-corrected chi connectivity index (χ0v) is 17.5. The summed E-state index contributed by atoms with van der Waals surface area (Å²) in [6.07, 6.45) is 0. The number of ether oxygens (including phenoxy) is 3. The Labute approximate surface area is 176 Å². The molecule has 0 radical (unpaired) electrons. The van der Waals surface area contributed by atoms with Gasteiger partial charge in [0.1, 0.15) is 11.6 Å². The Bertz CT molecular complexity index is 797. The fourth-order valence-corrected chi connectivity index (χ4v) is 3.37. The standard InChI is InChI=1S/C21H25ClN2O3S/c1-25-20-14-16(21(28)23-8-9-24-10-12-26-13-11-24)6-7-19(20)27-15-17-4-2-3-5-18(17)22/h2-7,14H,8-13,15H2,1H3,(H,23,28). The van der Waals surface area contributed by atoms with Crippen LogP contribution >= 0.6 is 23.8 Å². The molecule has 150 valence electrons. The highest BCUT2D eigenvalue weighted by molar-refractivity contribution is 7.80. The van der Waals surface area contributed by atoms with Gasteiger partial charge in [0.2, 0.25) is 0 Å². The number of benzene rings is 2. The summed E-state index contributed by atoms with van der Waals surface area (Å²) < 4.78 is 16.8. The Morgan fingerprint density at radius 3 is 2.71 bits per heavy atom. The van der Waals surface area contributed by atoms with Crippen LogP contribution in [0.15, 0.2) is 42.5 Å². The van der Waals surface area contributed by atoms with Crippen LogP contribution in [0.2, 0.25) is 5.02 Å². The van der Waals surface area contributed by atoms with Crippen molar-refractivity contribution < 1.29 is 14.2 Å². The van der Waals surface area contributed by atoms with E-state index < -0.39 is 0 Å². The second-order valence-electron chi connectivity index (χ2n) is 6.46. The van der Waals surface area contributed by atoms with Crippen LogP contribution in [0.3, 0.4) is 0 Å². The number of methoxy groups -OCH3 is 1. The Morgan fingerprint density at radius 2 is 1.96 bits per heavy atom. The molecule has 1 aliphatic rings. The lowest BCUT2D eigenvalue weighted by Gasteiger charge is -2.26. The second-order valence-corrected chi connectivity index (χ2v) is 7.27. The molecular weight excluding hydrogens is 396 g/mol. The Morgan fingerprint density at radius 1 is 1.18 bits per heavy atom. The van der Waals surface area contributed by atoms with Gasteiger partial charge in [-0.3, -0.25) is 4.90 Å². The van der Waals surface area contributed by atoms with Crippen molar-refractivity contribution in [2.45, 2.75) is 6.61 Å². The number of nitrogens with zero attached hydrogens (tertiary/aromatic N) is 1. The van der Waals surface area contributed by atoms with Gasteiger partial charge in [0.05, 0.1) is 20.3 Å². The van der Waals surface area contributed by atoms with Crippen LogP contribution in [0.4, 0.5) is 0 Å². The molecule has 3 rings (SSSR count). The second kappa shape index (κ2) is 10.6. The van der Waals surface area contributed by atoms with Crippen molar-refractivity contribution in [2.24, 2.45) is 0 Å². The van der Waals surface area contributed by atoms with Crippen molar-refractivity contribution in [3.05, 3.63) is 58.6 Å². The topological polar surface area (TPSA) is 43.0 Å². The summed E-state index contributed by atoms with van der Waals surface area (Å²) in [5.74, 6) is 1.30. The van der Waals surface area contributed by atoms with Crippen LogP contribution in [-0.2, 0) is 11.3 Å². The normalized spacial score (nSPS) is 14.5. The van der Waals surface area contributed by atoms with Crippen LogP contribution in [0, 0.1) is 0 Å². The number of hydrogen-bond acceptors (Lipinski definition) is 5. The first-order valence-electron chi connectivity index (χ1n) is 9.30. The highest BCUT2D eigenvalue weighted by Gasteiger charge is 2.12. The number of hydrogen-bond donors (Lipinski definition) is 1. The van der Waals surface area contributed by atoms with Gasteiger partial charge in [-0.05, 0) is 24.3 Å². The van der Waals surface area contributed by atoms with Gasteiger partial charge in [-0.15, -0.1) is 0 Å². The smallest absolute Gasteiger partial charge is 0.161 e. The van der Waals surface area contributed by atoms with Gasteiger partial charge in [0.25, 0.3) is 0 Å². The molecule has 1 saturated heterocycles. The highest BCUT2D eigenvalue weighted by atomic mass is 35.5. The summed E-state index contributed by atoms with van der Waals surface area (Å²) in [5, 5.41) is 4.00. The fraction of sp³-hybridized carbons (Fsp3) is 0.381. The van der Waals surface area contributed by atoms with Crippen LogP contribution in [0.1, 0.15) is 11.1 Å². The average molecular weight is 421 g/mol. The first kappa shape index (κ1) is 20.9. The summed E-state index contributed by atoms with van der Waals surface area (Å²) in [7, 11) is 1.62. The maximum absolute atomic E-state index is 6.19. The van der Waals surface area contributed by atoms with E-state index >= 15 is 0 Å². The third kappa shape index (κ3) is 5.82. The van der Waals surface area contributed by atoms with Crippen molar-refractivity contribution in [1.29, 1.82) is 0 Å². The third-order valence-corrected chi connectivity index (χ3v) is 5.33. The zero-order valence-electron chi connectivity index (χ0n) is 15.9. The highest BCUT2D eigenvalue weighted by Crippen LogP contribution is 2.29. The summed E-state index contributed by atoms with van der Waals surface area (Å²) in [5.41, 5.74) is 1.83. The number of rotatable bonds is 8. The lowest BCUT2D eigenvalue weighted by molar-refractivity contribution is 0.0389. The number of thiocarbonyl (C=S) groups is 1. The third-order valence-electron chi connectivity index (χ3n) is 4.58. The van der Waals surface area contributed by atoms with E-state index in [9.17, 15) is 0 Å². The van der Waals surface area contributed by atoms with E-state index in [2.05, 4.69) is 10.2 Å². The lowest BCUT2D eigenvalue weighted by atomic mass is 10.2. The average Bonchev–Trinajstić information content (AvgIpc) is 2.73. The van der Waals surface area contributed by atoms with Gasteiger partial charge in [-0.25, -0.2) is 0 Å². The quantitative estimate of drug-likeness (QED) is 0.659. The number of nitrogens with one attached hydrogen (secondary N) is 1. The van der Waals surface area contributed by atoms with Crippen molar-refractivity contribution in [3.63, 3.8) is 0 Å². The van der Waals surface area contributed by atoms with Gasteiger partial charge in [-0.1, -0.05) is 42.0 Å². The molecule has 28 heavy (non-hydrogen) atoms. The minimum absolute atomic E-state index is 0.373. The monoisotopic (exact) mass is 420 g/mol. The predicted molar refractivity (Wildman–Crippen MR) is 116 cm³/mol. The van der Waals surface area contributed by atoms with Crippen LogP contribution < -0.4 is 14.8 Å². The minimum Gasteiger partial charge on any atom is -0.493 e. The van der Waals surface area contributed by atoms with E-state index in [0.717, 1.165) is 50.5 Å². The maximum atomic E-state index is 6.19. The molecule has 0 spiro atoms. The molecular formula is C21H25ClN2O3S. The van der Waals surface area contributed by atoms with E-state index in [1.165, 1.54) is 0 Å². The van der Waals surface area contributed by atoms with E-state index in [4.69, 9.17) is 38.0 Å². The molecule has 0 aliphatic carbocycles. The molecule has 1 fully saturated rings. The Kier molecular flexibility index (Phi) is 7.91. The summed E-state index contributed by atoms with van der Waals surface area (Å²) in [4.78, 5) is 3.06. The molecule has 1 N–H and O–H groups in total. The van der Waals surface area contributed by atoms with E-state index in [1.807, 2.05) is 42.5 Å². The molecule has 0 atom stereocenters. The molecule has 0 saturated carbocycles. The molecule has 1 heterocycles. The van der Waals surface area contributed by atoms with Crippen LogP contribution in [-0.4, -0.2) is 56.4 Å². The number of halogens is 1. The van der Waals surface area contributed by atoms with Crippen molar-refractivity contribution in [1.82, 2.24) is 10.2 Å². The zero-order chi connectivity index (χ0) is 19.8. The molecule has 1 aliphatic heterocycles. The van der Waals surface area contributed by atoms with Crippen molar-refractivity contribution in [3.8, 4) is 11.5 Å². The van der Waals surface area contributed by atoms with Gasteiger partial charge in [-0.2, -0.15) is 0 Å². The fourth-order valence-electron chi connectivity index (χ4n) is 2.95. The predicted octanol–water partition coefficient (Wildman–Crippen LogP) is 3.52. The van der Waals surface area contributed by atoms with Crippen LogP contribution in [0.25, 0.3) is 0 Å². The number of morpholine rings is 1. The molecule has 0 amide bonds. The first-order valence-corrected chi connectivity index (χ1v) is 10.1. The van der Waals surface area contributed by atoms with Crippen LogP contribution in [0.5, 0.6) is 11.5 Å². The van der Waals surface area contributed by atoms with Gasteiger partial charge in [0, 0.05) is 42.3 Å². The molecule has 0 aromatic heterocycles. The Hall–Kier alpha value is -1.86. The first-order chi connectivity index (χ1) is 13.7. The molecule has 2 aromatic rings. The molecule has 0 unspecified atom stereocenters. The summed E-state index contributed by atoms with van der Waals surface area (Å²) in [6, 6.07) is 13.3. The molecule has 2 aromatic carbocycles. The molecule has 7 heteroatoms. The SMILES string of the molecule is COc1cc(C(=S)NCCN2CCOCC2)ccc1OCc1ccccc1Cl. The molecule has 5 nitrogen and oxygen atoms in total. The van der Waals surface area contributed by atoms with Gasteiger partial charge in [0.15, 0.2) is 11.5 Å². The van der Waals surface area contributed by atoms with E-state index in [-0.39, 0.29) is 0 Å². The van der Waals surface area contributed by atoms with E-state index in [0.29, 0.717) is 28.1 Å². The minimum atomic E-state index is 0.373.